The lowest BCUT2D eigenvalue weighted by Gasteiger charge is -2.32. The van der Waals surface area contributed by atoms with E-state index in [4.69, 9.17) is 9.26 Å². The van der Waals surface area contributed by atoms with Crippen molar-refractivity contribution in [2.45, 2.75) is 31.9 Å². The number of hydrogen-bond donors (Lipinski definition) is 0. The van der Waals surface area contributed by atoms with Gasteiger partial charge >= 0.3 is 0 Å². The van der Waals surface area contributed by atoms with Crippen LogP contribution in [0.4, 0.5) is 0 Å². The molecule has 2 aromatic heterocycles. The van der Waals surface area contributed by atoms with Crippen LogP contribution in [0.15, 0.2) is 41.2 Å². The van der Waals surface area contributed by atoms with Gasteiger partial charge in [-0.2, -0.15) is 4.98 Å². The molecule has 3 aromatic rings. The van der Waals surface area contributed by atoms with Crippen LogP contribution in [0.3, 0.4) is 0 Å². The number of ether oxygens (including phenoxy) is 1. The first-order valence-corrected chi connectivity index (χ1v) is 9.26. The zero-order valence-electron chi connectivity index (χ0n) is 15.3. The van der Waals surface area contributed by atoms with E-state index < -0.39 is 0 Å². The second kappa shape index (κ2) is 8.70. The van der Waals surface area contributed by atoms with E-state index in [-0.39, 0.29) is 18.6 Å². The summed E-state index contributed by atoms with van der Waals surface area (Å²) in [4.78, 5) is 18.6. The smallest absolute Gasteiger partial charge is 0.257 e. The highest BCUT2D eigenvalue weighted by Crippen LogP contribution is 2.17. The van der Waals surface area contributed by atoms with Crippen molar-refractivity contribution in [2.24, 2.45) is 0 Å². The summed E-state index contributed by atoms with van der Waals surface area (Å²) >= 11 is 0. The van der Waals surface area contributed by atoms with Gasteiger partial charge in [-0.15, -0.1) is 5.10 Å². The number of amides is 1. The Kier molecular flexibility index (Phi) is 5.66. The molecule has 1 saturated heterocycles. The summed E-state index contributed by atoms with van der Waals surface area (Å²) in [6.07, 6.45) is 3.84. The van der Waals surface area contributed by atoms with Crippen LogP contribution < -0.4 is 0 Å². The van der Waals surface area contributed by atoms with E-state index in [2.05, 4.69) is 25.7 Å². The Morgan fingerprint density at radius 1 is 1.29 bits per heavy atom. The van der Waals surface area contributed by atoms with Crippen LogP contribution in [0.5, 0.6) is 0 Å². The van der Waals surface area contributed by atoms with Crippen molar-refractivity contribution in [1.82, 2.24) is 35.2 Å². The maximum atomic E-state index is 12.4. The molecule has 10 heteroatoms. The van der Waals surface area contributed by atoms with E-state index in [1.54, 1.807) is 4.90 Å². The quantitative estimate of drug-likeness (QED) is 0.593. The fraction of sp³-hybridized carbons (Fsp3) is 0.444. The number of likely N-dealkylation sites (tertiary alicyclic amines) is 1. The van der Waals surface area contributed by atoms with Crippen LogP contribution in [0, 0.1) is 0 Å². The lowest BCUT2D eigenvalue weighted by atomic mass is 10.1. The summed E-state index contributed by atoms with van der Waals surface area (Å²) in [6.45, 7) is 1.92. The summed E-state index contributed by atoms with van der Waals surface area (Å²) in [7, 11) is 0. The van der Waals surface area contributed by atoms with Crippen molar-refractivity contribution >= 4 is 5.91 Å². The summed E-state index contributed by atoms with van der Waals surface area (Å²) in [6, 6.07) is 9.65. The molecule has 1 aliphatic heterocycles. The Labute approximate surface area is 161 Å². The third kappa shape index (κ3) is 4.58. The summed E-state index contributed by atoms with van der Waals surface area (Å²) in [5.41, 5.74) is 0.895. The molecule has 0 spiro atoms. The number of nitrogens with zero attached hydrogens (tertiary/aromatic N) is 7. The number of carbonyl (C=O) groups excluding carboxylic acids is 1. The fourth-order valence-electron chi connectivity index (χ4n) is 3.16. The SMILES string of the molecule is O=C(Cn1cnnn1)N1CCCC(OCCc2noc(-c3ccccc3)n2)C1. The summed E-state index contributed by atoms with van der Waals surface area (Å²) in [5.74, 6) is 1.11. The highest BCUT2D eigenvalue weighted by atomic mass is 16.5. The molecule has 4 rings (SSSR count). The lowest BCUT2D eigenvalue weighted by molar-refractivity contribution is -0.136. The Bertz CT molecular complexity index is 882. The van der Waals surface area contributed by atoms with Crippen LogP contribution in [-0.4, -0.2) is 67.0 Å². The van der Waals surface area contributed by atoms with Gasteiger partial charge in [-0.1, -0.05) is 23.4 Å². The minimum absolute atomic E-state index is 0.00654. The zero-order valence-corrected chi connectivity index (χ0v) is 15.3. The van der Waals surface area contributed by atoms with Gasteiger partial charge < -0.3 is 14.2 Å². The van der Waals surface area contributed by atoms with Gasteiger partial charge in [0.1, 0.15) is 12.9 Å². The van der Waals surface area contributed by atoms with Crippen LogP contribution in [-0.2, 0) is 22.5 Å². The fourth-order valence-corrected chi connectivity index (χ4v) is 3.16. The molecular weight excluding hydrogens is 362 g/mol. The normalized spacial score (nSPS) is 17.0. The maximum Gasteiger partial charge on any atom is 0.257 e. The molecule has 1 atom stereocenters. The molecule has 28 heavy (non-hydrogen) atoms. The number of benzene rings is 1. The van der Waals surface area contributed by atoms with Crippen molar-refractivity contribution < 1.29 is 14.1 Å². The van der Waals surface area contributed by atoms with Gasteiger partial charge in [-0.3, -0.25) is 4.79 Å². The molecule has 10 nitrogen and oxygen atoms in total. The number of hydrogen-bond acceptors (Lipinski definition) is 8. The Morgan fingerprint density at radius 2 is 2.18 bits per heavy atom. The molecule has 1 fully saturated rings. The number of tetrazole rings is 1. The summed E-state index contributed by atoms with van der Waals surface area (Å²) in [5, 5.41) is 14.8. The van der Waals surface area contributed by atoms with Crippen molar-refractivity contribution in [3.63, 3.8) is 0 Å². The van der Waals surface area contributed by atoms with E-state index in [9.17, 15) is 4.79 Å². The molecular formula is C18H21N7O3. The third-order valence-electron chi connectivity index (χ3n) is 4.59. The average Bonchev–Trinajstić information content (AvgIpc) is 3.41. The Hall–Kier alpha value is -3.14. The topological polar surface area (TPSA) is 112 Å². The monoisotopic (exact) mass is 383 g/mol. The van der Waals surface area contributed by atoms with Gasteiger partial charge in [0, 0.05) is 25.1 Å². The molecule has 1 amide bonds. The highest BCUT2D eigenvalue weighted by molar-refractivity contribution is 5.76. The van der Waals surface area contributed by atoms with Crippen LogP contribution in [0.2, 0.25) is 0 Å². The van der Waals surface area contributed by atoms with E-state index in [0.29, 0.717) is 31.3 Å². The first kappa shape index (κ1) is 18.2. The number of carbonyl (C=O) groups is 1. The molecule has 1 aliphatic rings. The standard InChI is InChI=1S/C18H21N7O3/c26-17(12-25-13-19-22-23-25)24-9-4-7-15(11-24)27-10-8-16-20-18(28-21-16)14-5-2-1-3-6-14/h1-3,5-6,13,15H,4,7-12H2. The van der Waals surface area contributed by atoms with Gasteiger partial charge in [0.15, 0.2) is 5.82 Å². The van der Waals surface area contributed by atoms with Crippen molar-refractivity contribution in [3.8, 4) is 11.5 Å². The first-order valence-electron chi connectivity index (χ1n) is 9.26. The second-order valence-electron chi connectivity index (χ2n) is 6.61. The lowest BCUT2D eigenvalue weighted by Crippen LogP contribution is -2.44. The van der Waals surface area contributed by atoms with Crippen molar-refractivity contribution in [3.05, 3.63) is 42.5 Å². The van der Waals surface area contributed by atoms with Gasteiger partial charge in [0.2, 0.25) is 5.91 Å². The van der Waals surface area contributed by atoms with E-state index in [0.717, 1.165) is 24.9 Å². The second-order valence-corrected chi connectivity index (χ2v) is 6.61. The molecule has 1 aromatic carbocycles. The van der Waals surface area contributed by atoms with Crippen LogP contribution >= 0.6 is 0 Å². The van der Waals surface area contributed by atoms with Gasteiger partial charge in [0.25, 0.3) is 5.89 Å². The molecule has 0 N–H and O–H groups in total. The van der Waals surface area contributed by atoms with Crippen molar-refractivity contribution in [2.75, 3.05) is 19.7 Å². The van der Waals surface area contributed by atoms with Crippen LogP contribution in [0.1, 0.15) is 18.7 Å². The van der Waals surface area contributed by atoms with Gasteiger partial charge in [-0.05, 0) is 35.4 Å². The molecule has 3 heterocycles. The Balaban J connectivity index is 1.24. The number of piperidine rings is 1. The van der Waals surface area contributed by atoms with Gasteiger partial charge in [-0.25, -0.2) is 4.68 Å². The van der Waals surface area contributed by atoms with E-state index in [1.807, 2.05) is 30.3 Å². The third-order valence-corrected chi connectivity index (χ3v) is 4.59. The molecule has 0 saturated carbocycles. The predicted octanol–water partition coefficient (Wildman–Crippen LogP) is 0.973. The summed E-state index contributed by atoms with van der Waals surface area (Å²) < 4.78 is 12.7. The molecule has 0 aliphatic carbocycles. The number of rotatable bonds is 7. The van der Waals surface area contributed by atoms with E-state index in [1.165, 1.54) is 11.0 Å². The minimum Gasteiger partial charge on any atom is -0.376 e. The molecule has 0 bridgehead atoms. The zero-order chi connectivity index (χ0) is 19.2. The average molecular weight is 383 g/mol. The molecule has 0 radical (unpaired) electrons. The molecule has 1 unspecified atom stereocenters. The largest absolute Gasteiger partial charge is 0.376 e. The van der Waals surface area contributed by atoms with E-state index >= 15 is 0 Å². The molecule has 146 valence electrons. The minimum atomic E-state index is -0.00808. The van der Waals surface area contributed by atoms with Crippen LogP contribution in [0.25, 0.3) is 11.5 Å². The van der Waals surface area contributed by atoms with Gasteiger partial charge in [0.05, 0.1) is 12.7 Å². The first-order chi connectivity index (χ1) is 13.8. The maximum absolute atomic E-state index is 12.4. The van der Waals surface area contributed by atoms with Crippen molar-refractivity contribution in [1.29, 1.82) is 0 Å². The highest BCUT2D eigenvalue weighted by Gasteiger charge is 2.24. The number of aromatic nitrogens is 6. The Morgan fingerprint density at radius 3 is 3.00 bits per heavy atom. The predicted molar refractivity (Wildman–Crippen MR) is 96.8 cm³/mol.